The quantitative estimate of drug-likeness (QED) is 0.787. The van der Waals surface area contributed by atoms with E-state index in [0.29, 0.717) is 42.2 Å². The Balaban J connectivity index is 1.62. The third kappa shape index (κ3) is 4.16. The zero-order valence-corrected chi connectivity index (χ0v) is 17.4. The van der Waals surface area contributed by atoms with E-state index in [1.165, 1.54) is 24.8 Å². The predicted octanol–water partition coefficient (Wildman–Crippen LogP) is 2.10. The van der Waals surface area contributed by atoms with Crippen LogP contribution in [0.4, 0.5) is 17.5 Å². The van der Waals surface area contributed by atoms with Gasteiger partial charge in [0.25, 0.3) is 10.0 Å². The van der Waals surface area contributed by atoms with Gasteiger partial charge >= 0.3 is 0 Å². The van der Waals surface area contributed by atoms with Crippen LogP contribution in [-0.2, 0) is 10.0 Å². The van der Waals surface area contributed by atoms with Crippen molar-refractivity contribution in [1.82, 2.24) is 9.97 Å². The molecule has 0 spiro atoms. The molecule has 0 atom stereocenters. The minimum Gasteiger partial charge on any atom is -0.486 e. The number of piperidine rings is 1. The number of nitrogens with one attached hydrogen (secondary N) is 1. The Morgan fingerprint density at radius 3 is 2.52 bits per heavy atom. The molecule has 1 aromatic carbocycles. The van der Waals surface area contributed by atoms with E-state index in [-0.39, 0.29) is 4.90 Å². The maximum absolute atomic E-state index is 13.0. The Morgan fingerprint density at radius 2 is 1.79 bits per heavy atom. The molecule has 1 aromatic heterocycles. The molecular formula is C19H25N5O4S. The van der Waals surface area contributed by atoms with E-state index in [9.17, 15) is 8.42 Å². The van der Waals surface area contributed by atoms with Crippen LogP contribution < -0.4 is 24.0 Å². The summed E-state index contributed by atoms with van der Waals surface area (Å²) in [5, 5.41) is 0. The van der Waals surface area contributed by atoms with Crippen molar-refractivity contribution < 1.29 is 17.9 Å². The van der Waals surface area contributed by atoms with Gasteiger partial charge in [0.2, 0.25) is 5.95 Å². The average molecular weight is 420 g/mol. The van der Waals surface area contributed by atoms with Crippen LogP contribution in [-0.4, -0.2) is 58.8 Å². The molecule has 4 rings (SSSR count). The van der Waals surface area contributed by atoms with E-state index < -0.39 is 10.0 Å². The van der Waals surface area contributed by atoms with Gasteiger partial charge in [0.1, 0.15) is 18.9 Å². The standard InChI is InChI=1S/C19H25N5O4S/c1-23(2)18-15(13-20-19(21-18)24-8-4-3-5-9-24)22-29(25,26)14-6-7-16-17(12-14)28-11-10-27-16/h6-7,12-13,22H,3-5,8-11H2,1-2H3. The van der Waals surface area contributed by atoms with Gasteiger partial charge in [-0.25, -0.2) is 13.4 Å². The smallest absolute Gasteiger partial charge is 0.262 e. The fraction of sp³-hybridized carbons (Fsp3) is 0.474. The van der Waals surface area contributed by atoms with Crippen molar-refractivity contribution in [2.45, 2.75) is 24.2 Å². The van der Waals surface area contributed by atoms with Crippen LogP contribution >= 0.6 is 0 Å². The summed E-state index contributed by atoms with van der Waals surface area (Å²) >= 11 is 0. The van der Waals surface area contributed by atoms with Crippen molar-refractivity contribution in [3.8, 4) is 11.5 Å². The molecule has 0 amide bonds. The third-order valence-electron chi connectivity index (χ3n) is 4.89. The fourth-order valence-corrected chi connectivity index (χ4v) is 4.48. The largest absolute Gasteiger partial charge is 0.486 e. The molecular weight excluding hydrogens is 394 g/mol. The second-order valence-electron chi connectivity index (χ2n) is 7.26. The molecule has 10 heteroatoms. The van der Waals surface area contributed by atoms with Crippen LogP contribution in [0.5, 0.6) is 11.5 Å². The van der Waals surface area contributed by atoms with Crippen molar-refractivity contribution >= 4 is 27.5 Å². The lowest BCUT2D eigenvalue weighted by atomic mass is 10.1. The number of rotatable bonds is 5. The van der Waals surface area contributed by atoms with Crippen molar-refractivity contribution in [3.63, 3.8) is 0 Å². The lowest BCUT2D eigenvalue weighted by Crippen LogP contribution is -2.31. The van der Waals surface area contributed by atoms with E-state index >= 15 is 0 Å². The van der Waals surface area contributed by atoms with Gasteiger partial charge in [-0.05, 0) is 31.4 Å². The van der Waals surface area contributed by atoms with Crippen molar-refractivity contribution in [2.24, 2.45) is 0 Å². The lowest BCUT2D eigenvalue weighted by Gasteiger charge is -2.28. The van der Waals surface area contributed by atoms with Gasteiger partial charge in [0, 0.05) is 33.3 Å². The number of benzene rings is 1. The maximum atomic E-state index is 13.0. The zero-order valence-electron chi connectivity index (χ0n) is 16.6. The fourth-order valence-electron chi connectivity index (χ4n) is 3.42. The van der Waals surface area contributed by atoms with Gasteiger partial charge in [0.15, 0.2) is 17.3 Å². The first-order valence-corrected chi connectivity index (χ1v) is 11.1. The highest BCUT2D eigenvalue weighted by Crippen LogP contribution is 2.33. The number of fused-ring (bicyclic) bond motifs is 1. The van der Waals surface area contributed by atoms with Crippen molar-refractivity contribution in [1.29, 1.82) is 0 Å². The van der Waals surface area contributed by atoms with Gasteiger partial charge in [-0.1, -0.05) is 0 Å². The van der Waals surface area contributed by atoms with Gasteiger partial charge < -0.3 is 19.3 Å². The third-order valence-corrected chi connectivity index (χ3v) is 6.25. The van der Waals surface area contributed by atoms with Crippen LogP contribution in [0.1, 0.15) is 19.3 Å². The molecule has 2 aliphatic heterocycles. The summed E-state index contributed by atoms with van der Waals surface area (Å²) < 4.78 is 39.5. The molecule has 0 bridgehead atoms. The molecule has 9 nitrogen and oxygen atoms in total. The summed E-state index contributed by atoms with van der Waals surface area (Å²) in [5.74, 6) is 2.10. The van der Waals surface area contributed by atoms with Crippen LogP contribution in [0, 0.1) is 0 Å². The summed E-state index contributed by atoms with van der Waals surface area (Å²) in [4.78, 5) is 13.0. The molecule has 1 N–H and O–H groups in total. The molecule has 3 heterocycles. The Hall–Kier alpha value is -2.75. The van der Waals surface area contributed by atoms with Crippen molar-refractivity contribution in [2.75, 3.05) is 54.9 Å². The van der Waals surface area contributed by atoms with E-state index in [1.54, 1.807) is 11.0 Å². The Kier molecular flexibility index (Phi) is 5.35. The van der Waals surface area contributed by atoms with Gasteiger partial charge in [0.05, 0.1) is 11.1 Å². The molecule has 0 aliphatic carbocycles. The van der Waals surface area contributed by atoms with Gasteiger partial charge in [-0.2, -0.15) is 4.98 Å². The molecule has 0 unspecified atom stereocenters. The van der Waals surface area contributed by atoms with E-state index in [0.717, 1.165) is 25.9 Å². The molecule has 29 heavy (non-hydrogen) atoms. The van der Waals surface area contributed by atoms with E-state index in [4.69, 9.17) is 9.47 Å². The first kappa shape index (κ1) is 19.6. The van der Waals surface area contributed by atoms with Crippen LogP contribution in [0.25, 0.3) is 0 Å². The highest BCUT2D eigenvalue weighted by Gasteiger charge is 2.23. The summed E-state index contributed by atoms with van der Waals surface area (Å²) in [6.07, 6.45) is 4.96. The summed E-state index contributed by atoms with van der Waals surface area (Å²) in [6, 6.07) is 4.56. The number of hydrogen-bond donors (Lipinski definition) is 1. The Bertz CT molecular complexity index is 990. The Labute approximate surface area is 170 Å². The maximum Gasteiger partial charge on any atom is 0.262 e. The average Bonchev–Trinajstić information content (AvgIpc) is 2.74. The van der Waals surface area contributed by atoms with Gasteiger partial charge in [-0.3, -0.25) is 4.72 Å². The number of hydrogen-bond acceptors (Lipinski definition) is 8. The highest BCUT2D eigenvalue weighted by atomic mass is 32.2. The molecule has 156 valence electrons. The summed E-state index contributed by atoms with van der Waals surface area (Å²) in [5.41, 5.74) is 0.325. The van der Waals surface area contributed by atoms with E-state index in [1.807, 2.05) is 14.1 Å². The summed E-state index contributed by atoms with van der Waals surface area (Å²) in [7, 11) is -0.199. The molecule has 2 aromatic rings. The van der Waals surface area contributed by atoms with Crippen LogP contribution in [0.2, 0.25) is 0 Å². The summed E-state index contributed by atoms with van der Waals surface area (Å²) in [6.45, 7) is 2.66. The number of anilines is 3. The second-order valence-corrected chi connectivity index (χ2v) is 8.94. The van der Waals surface area contributed by atoms with Crippen LogP contribution in [0.3, 0.4) is 0 Å². The minimum atomic E-state index is -3.85. The van der Waals surface area contributed by atoms with E-state index in [2.05, 4.69) is 19.6 Å². The molecule has 1 fully saturated rings. The number of sulfonamides is 1. The lowest BCUT2D eigenvalue weighted by molar-refractivity contribution is 0.171. The van der Waals surface area contributed by atoms with Crippen LogP contribution in [0.15, 0.2) is 29.3 Å². The molecule has 0 radical (unpaired) electrons. The molecule has 0 saturated carbocycles. The number of ether oxygens (including phenoxy) is 2. The Morgan fingerprint density at radius 1 is 1.07 bits per heavy atom. The highest BCUT2D eigenvalue weighted by molar-refractivity contribution is 7.92. The number of aromatic nitrogens is 2. The minimum absolute atomic E-state index is 0.0894. The first-order valence-electron chi connectivity index (χ1n) is 9.66. The zero-order chi connectivity index (χ0) is 20.4. The predicted molar refractivity (Wildman–Crippen MR) is 111 cm³/mol. The normalized spacial score (nSPS) is 16.4. The number of nitrogens with zero attached hydrogens (tertiary/aromatic N) is 4. The first-order chi connectivity index (χ1) is 13.9. The molecule has 1 saturated heterocycles. The topological polar surface area (TPSA) is 96.9 Å². The second kappa shape index (κ2) is 7.94. The molecule has 2 aliphatic rings. The monoisotopic (exact) mass is 419 g/mol. The van der Waals surface area contributed by atoms with Gasteiger partial charge in [-0.15, -0.1) is 0 Å². The van der Waals surface area contributed by atoms with Crippen molar-refractivity contribution in [3.05, 3.63) is 24.4 Å². The SMILES string of the molecule is CN(C)c1nc(N2CCCCC2)ncc1NS(=O)(=O)c1ccc2c(c1)OCCO2.